The third kappa shape index (κ3) is 3.46. The number of anilines is 2. The van der Waals surface area contributed by atoms with Crippen molar-refractivity contribution in [1.29, 1.82) is 0 Å². The van der Waals surface area contributed by atoms with Gasteiger partial charge in [0, 0.05) is 6.04 Å². The fraction of sp³-hybridized carbons (Fsp3) is 0.200. The summed E-state index contributed by atoms with van der Waals surface area (Å²) in [5.41, 5.74) is 1.63. The van der Waals surface area contributed by atoms with Crippen LogP contribution in [0.25, 0.3) is 0 Å². The molecule has 0 spiro atoms. The van der Waals surface area contributed by atoms with E-state index in [1.165, 1.54) is 12.8 Å². The van der Waals surface area contributed by atoms with E-state index in [-0.39, 0.29) is 5.91 Å². The maximum atomic E-state index is 12.2. The summed E-state index contributed by atoms with van der Waals surface area (Å²) in [4.78, 5) is 16.3. The number of rotatable bonds is 4. The molecule has 1 saturated carbocycles. The summed E-state index contributed by atoms with van der Waals surface area (Å²) < 4.78 is 0. The molecule has 0 saturated heterocycles. The maximum absolute atomic E-state index is 12.2. The van der Waals surface area contributed by atoms with Crippen LogP contribution < -0.4 is 10.6 Å². The molecule has 6 heteroatoms. The van der Waals surface area contributed by atoms with Crippen LogP contribution in [0.2, 0.25) is 10.0 Å². The Bertz CT molecular complexity index is 649. The van der Waals surface area contributed by atoms with Gasteiger partial charge in [0.2, 0.25) is 0 Å². The number of aromatic nitrogens is 1. The monoisotopic (exact) mass is 321 g/mol. The Kier molecular flexibility index (Phi) is 3.99. The van der Waals surface area contributed by atoms with Gasteiger partial charge in [0.1, 0.15) is 5.69 Å². The maximum Gasteiger partial charge on any atom is 0.274 e. The molecule has 0 bridgehead atoms. The van der Waals surface area contributed by atoms with Crippen molar-refractivity contribution in [1.82, 2.24) is 4.98 Å². The number of amides is 1. The van der Waals surface area contributed by atoms with Crippen LogP contribution in [0.3, 0.4) is 0 Å². The first-order valence-corrected chi connectivity index (χ1v) is 7.37. The molecule has 4 nitrogen and oxygen atoms in total. The van der Waals surface area contributed by atoms with Crippen molar-refractivity contribution >= 4 is 40.5 Å². The second-order valence-corrected chi connectivity index (χ2v) is 5.72. The Labute approximate surface area is 132 Å². The van der Waals surface area contributed by atoms with Gasteiger partial charge in [-0.1, -0.05) is 29.3 Å². The number of carbonyl (C=O) groups excluding carboxylic acids is 1. The molecule has 1 aliphatic carbocycles. The summed E-state index contributed by atoms with van der Waals surface area (Å²) in [6.07, 6.45) is 4.03. The zero-order valence-corrected chi connectivity index (χ0v) is 12.6. The van der Waals surface area contributed by atoms with Crippen molar-refractivity contribution in [3.8, 4) is 0 Å². The van der Waals surface area contributed by atoms with E-state index in [2.05, 4.69) is 15.6 Å². The first-order valence-electron chi connectivity index (χ1n) is 6.61. The van der Waals surface area contributed by atoms with Crippen LogP contribution >= 0.6 is 23.2 Å². The van der Waals surface area contributed by atoms with E-state index in [1.807, 2.05) is 6.07 Å². The molecule has 1 aromatic heterocycles. The largest absolute Gasteiger partial charge is 0.381 e. The van der Waals surface area contributed by atoms with Gasteiger partial charge >= 0.3 is 0 Å². The van der Waals surface area contributed by atoms with Crippen LogP contribution in [0.1, 0.15) is 23.3 Å². The number of pyridine rings is 1. The Morgan fingerprint density at radius 3 is 2.43 bits per heavy atom. The van der Waals surface area contributed by atoms with Crippen molar-refractivity contribution in [3.05, 3.63) is 52.3 Å². The first kappa shape index (κ1) is 14.2. The van der Waals surface area contributed by atoms with Crippen molar-refractivity contribution in [2.24, 2.45) is 0 Å². The van der Waals surface area contributed by atoms with Crippen LogP contribution in [-0.4, -0.2) is 16.9 Å². The van der Waals surface area contributed by atoms with Gasteiger partial charge in [0.25, 0.3) is 5.91 Å². The van der Waals surface area contributed by atoms with Crippen LogP contribution in [0.15, 0.2) is 36.5 Å². The molecule has 2 N–H and O–H groups in total. The molecule has 1 aromatic carbocycles. The second-order valence-electron chi connectivity index (χ2n) is 4.90. The summed E-state index contributed by atoms with van der Waals surface area (Å²) in [6, 6.07) is 9.11. The Morgan fingerprint density at radius 1 is 1.14 bits per heavy atom. The molecule has 0 aliphatic heterocycles. The highest BCUT2D eigenvalue weighted by Gasteiger charge is 2.21. The van der Waals surface area contributed by atoms with E-state index in [0.29, 0.717) is 27.5 Å². The van der Waals surface area contributed by atoms with Gasteiger partial charge in [0.05, 0.1) is 27.6 Å². The standard InChI is InChI=1S/C15H13Cl2N3O/c16-11-2-1-3-12(17)14(11)20-15(21)13-7-6-10(8-18-13)19-9-4-5-9/h1-3,6-9,19H,4-5H2,(H,20,21). The van der Waals surface area contributed by atoms with Crippen molar-refractivity contribution in [2.75, 3.05) is 10.6 Å². The molecule has 3 rings (SSSR count). The van der Waals surface area contributed by atoms with Gasteiger partial charge in [-0.2, -0.15) is 0 Å². The fourth-order valence-corrected chi connectivity index (χ4v) is 2.36. The van der Waals surface area contributed by atoms with E-state index in [0.717, 1.165) is 5.69 Å². The predicted molar refractivity (Wildman–Crippen MR) is 85.3 cm³/mol. The number of nitrogens with zero attached hydrogens (tertiary/aromatic N) is 1. The third-order valence-electron chi connectivity index (χ3n) is 3.15. The molecule has 1 heterocycles. The highest BCUT2D eigenvalue weighted by Crippen LogP contribution is 2.30. The lowest BCUT2D eigenvalue weighted by Crippen LogP contribution is -2.14. The molecule has 1 aliphatic rings. The zero-order chi connectivity index (χ0) is 14.8. The lowest BCUT2D eigenvalue weighted by molar-refractivity contribution is 0.102. The molecular weight excluding hydrogens is 309 g/mol. The Balaban J connectivity index is 1.72. The minimum absolute atomic E-state index is 0.312. The quantitative estimate of drug-likeness (QED) is 0.886. The second kappa shape index (κ2) is 5.92. The highest BCUT2D eigenvalue weighted by molar-refractivity contribution is 6.39. The van der Waals surface area contributed by atoms with E-state index in [4.69, 9.17) is 23.2 Å². The van der Waals surface area contributed by atoms with E-state index in [9.17, 15) is 4.79 Å². The molecule has 1 amide bonds. The molecular formula is C15H13Cl2N3O. The molecule has 108 valence electrons. The van der Waals surface area contributed by atoms with E-state index in [1.54, 1.807) is 30.5 Å². The Hall–Kier alpha value is -1.78. The normalized spacial score (nSPS) is 13.8. The number of nitrogens with one attached hydrogen (secondary N) is 2. The van der Waals surface area contributed by atoms with Gasteiger partial charge in [-0.05, 0) is 37.1 Å². The van der Waals surface area contributed by atoms with Gasteiger partial charge in [-0.25, -0.2) is 4.98 Å². The van der Waals surface area contributed by atoms with Gasteiger partial charge in [-0.15, -0.1) is 0 Å². The smallest absolute Gasteiger partial charge is 0.274 e. The van der Waals surface area contributed by atoms with Crippen LogP contribution in [-0.2, 0) is 0 Å². The predicted octanol–water partition coefficient (Wildman–Crippen LogP) is 4.22. The molecule has 2 aromatic rings. The summed E-state index contributed by atoms with van der Waals surface area (Å²) in [7, 11) is 0. The number of carbonyl (C=O) groups is 1. The van der Waals surface area contributed by atoms with Crippen molar-refractivity contribution in [3.63, 3.8) is 0 Å². The van der Waals surface area contributed by atoms with Crippen LogP contribution in [0, 0.1) is 0 Å². The average molecular weight is 322 g/mol. The number of hydrogen-bond acceptors (Lipinski definition) is 3. The number of para-hydroxylation sites is 1. The van der Waals surface area contributed by atoms with Gasteiger partial charge in [-0.3, -0.25) is 4.79 Å². The summed E-state index contributed by atoms with van der Waals surface area (Å²) >= 11 is 12.0. The summed E-state index contributed by atoms with van der Waals surface area (Å²) in [6.45, 7) is 0. The number of halogens is 2. The number of hydrogen-bond donors (Lipinski definition) is 2. The fourth-order valence-electron chi connectivity index (χ4n) is 1.87. The lowest BCUT2D eigenvalue weighted by Gasteiger charge is -2.09. The van der Waals surface area contributed by atoms with Gasteiger partial charge < -0.3 is 10.6 Å². The topological polar surface area (TPSA) is 54.0 Å². The third-order valence-corrected chi connectivity index (χ3v) is 3.78. The molecule has 1 fully saturated rings. The van der Waals surface area contributed by atoms with Crippen LogP contribution in [0.4, 0.5) is 11.4 Å². The minimum atomic E-state index is -0.344. The first-order chi connectivity index (χ1) is 10.1. The SMILES string of the molecule is O=C(Nc1c(Cl)cccc1Cl)c1ccc(NC2CC2)cn1. The summed E-state index contributed by atoms with van der Waals surface area (Å²) in [5.74, 6) is -0.344. The number of benzene rings is 1. The molecule has 0 radical (unpaired) electrons. The molecule has 21 heavy (non-hydrogen) atoms. The average Bonchev–Trinajstić information content (AvgIpc) is 3.28. The Morgan fingerprint density at radius 2 is 1.86 bits per heavy atom. The van der Waals surface area contributed by atoms with Crippen LogP contribution in [0.5, 0.6) is 0 Å². The zero-order valence-electron chi connectivity index (χ0n) is 11.1. The van der Waals surface area contributed by atoms with Crippen molar-refractivity contribution < 1.29 is 4.79 Å². The van der Waals surface area contributed by atoms with Gasteiger partial charge in [0.15, 0.2) is 0 Å². The van der Waals surface area contributed by atoms with E-state index >= 15 is 0 Å². The highest BCUT2D eigenvalue weighted by atomic mass is 35.5. The summed E-state index contributed by atoms with van der Waals surface area (Å²) in [5, 5.41) is 6.78. The lowest BCUT2D eigenvalue weighted by atomic mass is 10.2. The van der Waals surface area contributed by atoms with Crippen molar-refractivity contribution in [2.45, 2.75) is 18.9 Å². The van der Waals surface area contributed by atoms with E-state index < -0.39 is 0 Å². The molecule has 0 atom stereocenters. The minimum Gasteiger partial charge on any atom is -0.381 e. The molecule has 0 unspecified atom stereocenters.